The minimum atomic E-state index is -0.0170. The molecule has 1 unspecified atom stereocenters. The summed E-state index contributed by atoms with van der Waals surface area (Å²) in [6.07, 6.45) is 3.59. The third-order valence-electron chi connectivity index (χ3n) is 3.57. The van der Waals surface area contributed by atoms with Crippen LogP contribution in [-0.4, -0.2) is 60.5 Å². The third-order valence-corrected chi connectivity index (χ3v) is 3.57. The lowest BCUT2D eigenvalue weighted by molar-refractivity contribution is -0.0866. The molecule has 2 aliphatic rings. The summed E-state index contributed by atoms with van der Waals surface area (Å²) in [7, 11) is 0. The number of hydrogen-bond acceptors (Lipinski definition) is 4. The second kappa shape index (κ2) is 5.65. The molecule has 1 atom stereocenters. The first-order valence-electron chi connectivity index (χ1n) is 6.82. The highest BCUT2D eigenvalue weighted by Gasteiger charge is 2.28. The molecule has 0 aromatic carbocycles. The Labute approximate surface area is 104 Å². The van der Waals surface area contributed by atoms with E-state index in [2.05, 4.69) is 24.1 Å². The van der Waals surface area contributed by atoms with E-state index in [9.17, 15) is 5.11 Å². The molecule has 1 aliphatic heterocycles. The first-order valence-corrected chi connectivity index (χ1v) is 6.82. The van der Waals surface area contributed by atoms with Gasteiger partial charge in [-0.05, 0) is 39.7 Å². The zero-order valence-corrected chi connectivity index (χ0v) is 11.1. The molecular formula is C13H26N2O2. The number of aliphatic hydroxyl groups excluding tert-OH is 1. The zero-order valence-electron chi connectivity index (χ0n) is 11.1. The molecule has 1 aliphatic carbocycles. The summed E-state index contributed by atoms with van der Waals surface area (Å²) in [6.45, 7) is 8.44. The minimum Gasteiger partial charge on any atom is -0.395 e. The molecule has 4 heteroatoms. The van der Waals surface area contributed by atoms with E-state index in [1.54, 1.807) is 0 Å². The Morgan fingerprint density at radius 1 is 1.47 bits per heavy atom. The molecule has 100 valence electrons. The van der Waals surface area contributed by atoms with Crippen molar-refractivity contribution in [1.29, 1.82) is 0 Å². The predicted octanol–water partition coefficient (Wildman–Crippen LogP) is 0.600. The second-order valence-corrected chi connectivity index (χ2v) is 5.99. The number of nitrogens with one attached hydrogen (secondary N) is 1. The lowest BCUT2D eigenvalue weighted by atomic mass is 10.1. The molecule has 0 aromatic rings. The Morgan fingerprint density at radius 2 is 2.24 bits per heavy atom. The Hall–Kier alpha value is -0.160. The van der Waals surface area contributed by atoms with E-state index in [1.165, 1.54) is 12.8 Å². The lowest BCUT2D eigenvalue weighted by Crippen LogP contribution is -2.49. The van der Waals surface area contributed by atoms with Crippen molar-refractivity contribution in [2.45, 2.75) is 50.8 Å². The average molecular weight is 242 g/mol. The first-order chi connectivity index (χ1) is 8.09. The molecule has 1 saturated carbocycles. The van der Waals surface area contributed by atoms with Gasteiger partial charge in [0.15, 0.2) is 0 Å². The van der Waals surface area contributed by atoms with Crippen LogP contribution < -0.4 is 5.32 Å². The van der Waals surface area contributed by atoms with Gasteiger partial charge in [-0.3, -0.25) is 4.90 Å². The second-order valence-electron chi connectivity index (χ2n) is 5.99. The van der Waals surface area contributed by atoms with Gasteiger partial charge in [-0.15, -0.1) is 0 Å². The van der Waals surface area contributed by atoms with Gasteiger partial charge >= 0.3 is 0 Å². The number of hydrogen-bond donors (Lipinski definition) is 2. The highest BCUT2D eigenvalue weighted by Crippen LogP contribution is 2.20. The molecule has 1 saturated heterocycles. The SMILES string of the molecule is CC1(C)CN(CCC(CO)NC2CC2)CCO1. The number of aliphatic hydroxyl groups is 1. The van der Waals surface area contributed by atoms with E-state index in [0.29, 0.717) is 6.04 Å². The van der Waals surface area contributed by atoms with Gasteiger partial charge in [0.25, 0.3) is 0 Å². The standard InChI is InChI=1S/C13H26N2O2/c1-13(2)10-15(7-8-17-13)6-5-12(9-16)14-11-3-4-11/h11-12,14,16H,3-10H2,1-2H3. The van der Waals surface area contributed by atoms with Gasteiger partial charge in [0.2, 0.25) is 0 Å². The van der Waals surface area contributed by atoms with Crippen LogP contribution in [0.5, 0.6) is 0 Å². The number of rotatable bonds is 6. The summed E-state index contributed by atoms with van der Waals surface area (Å²) in [5.74, 6) is 0. The van der Waals surface area contributed by atoms with Crippen LogP contribution in [0.4, 0.5) is 0 Å². The first kappa shape index (κ1) is 13.3. The Morgan fingerprint density at radius 3 is 2.82 bits per heavy atom. The molecule has 0 amide bonds. The predicted molar refractivity (Wildman–Crippen MR) is 68.1 cm³/mol. The number of nitrogens with zero attached hydrogens (tertiary/aromatic N) is 1. The van der Waals surface area contributed by atoms with Crippen molar-refractivity contribution in [3.05, 3.63) is 0 Å². The maximum atomic E-state index is 9.33. The van der Waals surface area contributed by atoms with Crippen LogP contribution in [0.2, 0.25) is 0 Å². The quantitative estimate of drug-likeness (QED) is 0.716. The zero-order chi connectivity index (χ0) is 12.3. The average Bonchev–Trinajstić information content (AvgIpc) is 3.06. The van der Waals surface area contributed by atoms with Crippen LogP contribution in [0.1, 0.15) is 33.1 Å². The summed E-state index contributed by atoms with van der Waals surface area (Å²) < 4.78 is 5.70. The minimum absolute atomic E-state index is 0.0170. The summed E-state index contributed by atoms with van der Waals surface area (Å²) in [6, 6.07) is 0.946. The molecule has 2 N–H and O–H groups in total. The molecular weight excluding hydrogens is 216 g/mol. The third kappa shape index (κ3) is 4.54. The lowest BCUT2D eigenvalue weighted by Gasteiger charge is -2.38. The van der Waals surface area contributed by atoms with Gasteiger partial charge in [-0.2, -0.15) is 0 Å². The monoisotopic (exact) mass is 242 g/mol. The fourth-order valence-corrected chi connectivity index (χ4v) is 2.45. The number of ether oxygens (including phenoxy) is 1. The van der Waals surface area contributed by atoms with Crippen LogP contribution in [0, 0.1) is 0 Å². The van der Waals surface area contributed by atoms with Gasteiger partial charge in [-0.1, -0.05) is 0 Å². The molecule has 4 nitrogen and oxygen atoms in total. The van der Waals surface area contributed by atoms with Crippen LogP contribution in [0.15, 0.2) is 0 Å². The Bertz CT molecular complexity index is 242. The molecule has 17 heavy (non-hydrogen) atoms. The van der Waals surface area contributed by atoms with Crippen molar-refractivity contribution in [3.8, 4) is 0 Å². The number of morpholine rings is 1. The maximum Gasteiger partial charge on any atom is 0.0753 e. The van der Waals surface area contributed by atoms with Gasteiger partial charge in [0.1, 0.15) is 0 Å². The van der Waals surface area contributed by atoms with E-state index < -0.39 is 0 Å². The van der Waals surface area contributed by atoms with Crippen molar-refractivity contribution in [3.63, 3.8) is 0 Å². The molecule has 2 fully saturated rings. The van der Waals surface area contributed by atoms with Gasteiger partial charge < -0.3 is 15.2 Å². The van der Waals surface area contributed by atoms with Crippen molar-refractivity contribution < 1.29 is 9.84 Å². The molecule has 0 aromatic heterocycles. The smallest absolute Gasteiger partial charge is 0.0753 e. The summed E-state index contributed by atoms with van der Waals surface area (Å²) in [5, 5.41) is 12.8. The van der Waals surface area contributed by atoms with E-state index in [4.69, 9.17) is 4.74 Å². The normalized spacial score (nSPS) is 27.0. The summed E-state index contributed by atoms with van der Waals surface area (Å²) >= 11 is 0. The molecule has 0 radical (unpaired) electrons. The molecule has 0 spiro atoms. The van der Waals surface area contributed by atoms with Crippen LogP contribution in [0.3, 0.4) is 0 Å². The van der Waals surface area contributed by atoms with E-state index in [0.717, 1.165) is 32.7 Å². The molecule has 0 bridgehead atoms. The molecule has 1 heterocycles. The van der Waals surface area contributed by atoms with Crippen molar-refractivity contribution in [1.82, 2.24) is 10.2 Å². The fraction of sp³-hybridized carbons (Fsp3) is 1.00. The summed E-state index contributed by atoms with van der Waals surface area (Å²) in [5.41, 5.74) is -0.0170. The van der Waals surface area contributed by atoms with Crippen LogP contribution in [0.25, 0.3) is 0 Å². The van der Waals surface area contributed by atoms with Crippen molar-refractivity contribution >= 4 is 0 Å². The van der Waals surface area contributed by atoms with Gasteiger partial charge in [-0.25, -0.2) is 0 Å². The highest BCUT2D eigenvalue weighted by atomic mass is 16.5. The topological polar surface area (TPSA) is 44.7 Å². The van der Waals surface area contributed by atoms with E-state index >= 15 is 0 Å². The Balaban J connectivity index is 1.68. The fourth-order valence-electron chi connectivity index (χ4n) is 2.45. The molecule has 2 rings (SSSR count). The highest BCUT2D eigenvalue weighted by molar-refractivity contribution is 4.86. The van der Waals surface area contributed by atoms with E-state index in [-0.39, 0.29) is 18.2 Å². The Kier molecular flexibility index (Phi) is 4.42. The van der Waals surface area contributed by atoms with Crippen LogP contribution in [-0.2, 0) is 4.74 Å². The maximum absolute atomic E-state index is 9.33. The largest absolute Gasteiger partial charge is 0.395 e. The van der Waals surface area contributed by atoms with E-state index in [1.807, 2.05) is 0 Å². The van der Waals surface area contributed by atoms with Crippen molar-refractivity contribution in [2.75, 3.05) is 32.8 Å². The van der Waals surface area contributed by atoms with Gasteiger partial charge in [0.05, 0.1) is 18.8 Å². The van der Waals surface area contributed by atoms with Gasteiger partial charge in [0, 0.05) is 25.2 Å². The summed E-state index contributed by atoms with van der Waals surface area (Å²) in [4.78, 5) is 2.45. The van der Waals surface area contributed by atoms with Crippen LogP contribution >= 0.6 is 0 Å². The van der Waals surface area contributed by atoms with Crippen molar-refractivity contribution in [2.24, 2.45) is 0 Å².